The van der Waals surface area contributed by atoms with E-state index in [4.69, 9.17) is 10.6 Å². The van der Waals surface area contributed by atoms with Gasteiger partial charge in [0.15, 0.2) is 5.82 Å². The normalized spacial score (nSPS) is 16.4. The maximum absolute atomic E-state index is 12.1. The number of methoxy groups -OCH3 is 1. The SMILES string of the molecule is COC(=O)c1ccc(NC(=O)CSc2nnc(C3CCCO3)n2N)cc1. The topological polar surface area (TPSA) is 121 Å². The Bertz CT molecular complexity index is 786. The molecule has 1 fully saturated rings. The van der Waals surface area contributed by atoms with Crippen LogP contribution in [0.4, 0.5) is 5.69 Å². The first kappa shape index (κ1) is 18.2. The number of nitrogens with one attached hydrogen (secondary N) is 1. The molecule has 138 valence electrons. The summed E-state index contributed by atoms with van der Waals surface area (Å²) < 4.78 is 11.6. The molecule has 0 bridgehead atoms. The number of hydrogen-bond acceptors (Lipinski definition) is 8. The van der Waals surface area contributed by atoms with Gasteiger partial charge in [0.1, 0.15) is 6.10 Å². The molecule has 3 N–H and O–H groups in total. The van der Waals surface area contributed by atoms with Gasteiger partial charge in [-0.2, -0.15) is 0 Å². The average molecular weight is 377 g/mol. The number of nitrogens with zero attached hydrogens (tertiary/aromatic N) is 3. The number of nitrogen functional groups attached to an aromatic ring is 1. The van der Waals surface area contributed by atoms with Gasteiger partial charge in [-0.1, -0.05) is 11.8 Å². The lowest BCUT2D eigenvalue weighted by Gasteiger charge is -2.09. The molecular formula is C16H19N5O4S. The summed E-state index contributed by atoms with van der Waals surface area (Å²) in [6, 6.07) is 6.43. The lowest BCUT2D eigenvalue weighted by atomic mass is 10.2. The van der Waals surface area contributed by atoms with Gasteiger partial charge in [-0.15, -0.1) is 10.2 Å². The van der Waals surface area contributed by atoms with Crippen LogP contribution in [0.15, 0.2) is 29.4 Å². The maximum atomic E-state index is 12.1. The number of amides is 1. The summed E-state index contributed by atoms with van der Waals surface area (Å²) >= 11 is 1.19. The molecule has 26 heavy (non-hydrogen) atoms. The Kier molecular flexibility index (Phi) is 5.74. The van der Waals surface area contributed by atoms with E-state index in [1.165, 1.54) is 23.5 Å². The monoisotopic (exact) mass is 377 g/mol. The van der Waals surface area contributed by atoms with Crippen LogP contribution in [0.5, 0.6) is 0 Å². The second kappa shape index (κ2) is 8.19. The summed E-state index contributed by atoms with van der Waals surface area (Å²) in [6.45, 7) is 0.692. The lowest BCUT2D eigenvalue weighted by molar-refractivity contribution is -0.113. The number of aromatic nitrogens is 3. The smallest absolute Gasteiger partial charge is 0.337 e. The van der Waals surface area contributed by atoms with Crippen molar-refractivity contribution in [3.8, 4) is 0 Å². The fourth-order valence-electron chi connectivity index (χ4n) is 2.52. The Morgan fingerprint density at radius 1 is 1.38 bits per heavy atom. The Morgan fingerprint density at radius 3 is 2.81 bits per heavy atom. The van der Waals surface area contributed by atoms with Gasteiger partial charge in [-0.25, -0.2) is 9.47 Å². The molecule has 2 aromatic rings. The van der Waals surface area contributed by atoms with E-state index in [1.54, 1.807) is 24.3 Å². The van der Waals surface area contributed by atoms with E-state index in [-0.39, 0.29) is 17.8 Å². The van der Waals surface area contributed by atoms with Crippen molar-refractivity contribution >= 4 is 29.3 Å². The first-order valence-corrected chi connectivity index (χ1v) is 9.00. The van der Waals surface area contributed by atoms with E-state index in [0.29, 0.717) is 28.8 Å². The summed E-state index contributed by atoms with van der Waals surface area (Å²) in [5.74, 6) is 6.05. The number of thioether (sulfide) groups is 1. The Morgan fingerprint density at radius 2 is 2.15 bits per heavy atom. The first-order chi connectivity index (χ1) is 12.6. The van der Waals surface area contributed by atoms with E-state index in [2.05, 4.69) is 20.3 Å². The number of rotatable bonds is 6. The Labute approximate surface area is 154 Å². The third-order valence-corrected chi connectivity index (χ3v) is 4.77. The summed E-state index contributed by atoms with van der Waals surface area (Å²) in [5, 5.41) is 11.3. The van der Waals surface area contributed by atoms with Crippen LogP contribution < -0.4 is 11.2 Å². The number of carbonyl (C=O) groups excluding carboxylic acids is 2. The number of anilines is 1. The van der Waals surface area contributed by atoms with Crippen LogP contribution in [0.3, 0.4) is 0 Å². The average Bonchev–Trinajstić information content (AvgIpc) is 3.29. The van der Waals surface area contributed by atoms with Crippen LogP contribution in [-0.4, -0.2) is 46.2 Å². The number of esters is 1. The Hall–Kier alpha value is -2.59. The second-order valence-electron chi connectivity index (χ2n) is 5.62. The first-order valence-electron chi connectivity index (χ1n) is 8.01. The molecule has 1 aromatic heterocycles. The van der Waals surface area contributed by atoms with Crippen LogP contribution in [0.2, 0.25) is 0 Å². The predicted octanol–water partition coefficient (Wildman–Crippen LogP) is 1.36. The summed E-state index contributed by atoms with van der Waals surface area (Å²) in [5.41, 5.74) is 0.996. The van der Waals surface area contributed by atoms with Crippen molar-refractivity contribution in [3.63, 3.8) is 0 Å². The number of carbonyl (C=O) groups is 2. The van der Waals surface area contributed by atoms with Gasteiger partial charge in [-0.05, 0) is 37.1 Å². The van der Waals surface area contributed by atoms with E-state index in [9.17, 15) is 9.59 Å². The Balaban J connectivity index is 1.53. The molecule has 1 aromatic carbocycles. The zero-order valence-electron chi connectivity index (χ0n) is 14.2. The van der Waals surface area contributed by atoms with Gasteiger partial charge in [0.05, 0.1) is 18.4 Å². The van der Waals surface area contributed by atoms with Crippen molar-refractivity contribution < 1.29 is 19.1 Å². The largest absolute Gasteiger partial charge is 0.465 e. The van der Waals surface area contributed by atoms with Crippen LogP contribution in [-0.2, 0) is 14.3 Å². The van der Waals surface area contributed by atoms with E-state index in [1.807, 2.05) is 0 Å². The molecule has 9 nitrogen and oxygen atoms in total. The highest BCUT2D eigenvalue weighted by atomic mass is 32.2. The van der Waals surface area contributed by atoms with Crippen molar-refractivity contribution in [1.82, 2.24) is 14.9 Å². The van der Waals surface area contributed by atoms with E-state index in [0.717, 1.165) is 12.8 Å². The van der Waals surface area contributed by atoms with Gasteiger partial charge in [0.2, 0.25) is 11.1 Å². The van der Waals surface area contributed by atoms with Gasteiger partial charge in [0.25, 0.3) is 0 Å². The van der Waals surface area contributed by atoms with Crippen LogP contribution >= 0.6 is 11.8 Å². The fraction of sp³-hybridized carbons (Fsp3) is 0.375. The van der Waals surface area contributed by atoms with Crippen LogP contribution in [0.1, 0.15) is 35.1 Å². The van der Waals surface area contributed by atoms with Crippen molar-refractivity contribution in [2.24, 2.45) is 0 Å². The number of nitrogens with two attached hydrogens (primary N) is 1. The zero-order chi connectivity index (χ0) is 18.5. The van der Waals surface area contributed by atoms with E-state index < -0.39 is 5.97 Å². The summed E-state index contributed by atoms with van der Waals surface area (Å²) in [6.07, 6.45) is 1.70. The number of ether oxygens (including phenoxy) is 2. The third-order valence-electron chi connectivity index (χ3n) is 3.83. The minimum atomic E-state index is -0.428. The lowest BCUT2D eigenvalue weighted by Crippen LogP contribution is -2.18. The molecular weight excluding hydrogens is 358 g/mol. The minimum absolute atomic E-state index is 0.125. The molecule has 0 radical (unpaired) electrons. The maximum Gasteiger partial charge on any atom is 0.337 e. The van der Waals surface area contributed by atoms with Crippen molar-refractivity contribution in [1.29, 1.82) is 0 Å². The van der Waals surface area contributed by atoms with Gasteiger partial charge >= 0.3 is 5.97 Å². The van der Waals surface area contributed by atoms with Gasteiger partial charge < -0.3 is 20.6 Å². The molecule has 1 amide bonds. The molecule has 1 saturated heterocycles. The molecule has 10 heteroatoms. The van der Waals surface area contributed by atoms with Gasteiger partial charge in [0, 0.05) is 12.3 Å². The quantitative estimate of drug-likeness (QED) is 0.440. The molecule has 1 atom stereocenters. The number of benzene rings is 1. The molecule has 2 heterocycles. The summed E-state index contributed by atoms with van der Waals surface area (Å²) in [4.78, 5) is 23.5. The molecule has 3 rings (SSSR count). The standard InChI is InChI=1S/C16H19N5O4S/c1-24-15(23)10-4-6-11(7-5-10)18-13(22)9-26-16-20-19-14(21(16)17)12-3-2-8-25-12/h4-7,12H,2-3,8-9,17H2,1H3,(H,18,22). The zero-order valence-corrected chi connectivity index (χ0v) is 15.0. The molecule has 0 aliphatic carbocycles. The van der Waals surface area contributed by atoms with Crippen LogP contribution in [0, 0.1) is 0 Å². The molecule has 1 aliphatic rings. The van der Waals surface area contributed by atoms with Gasteiger partial charge in [-0.3, -0.25) is 4.79 Å². The predicted molar refractivity (Wildman–Crippen MR) is 95.2 cm³/mol. The fourth-order valence-corrected chi connectivity index (χ4v) is 3.19. The minimum Gasteiger partial charge on any atom is -0.465 e. The molecule has 0 spiro atoms. The van der Waals surface area contributed by atoms with Crippen molar-refractivity contribution in [3.05, 3.63) is 35.7 Å². The highest BCUT2D eigenvalue weighted by Gasteiger charge is 2.24. The molecule has 1 aliphatic heterocycles. The highest BCUT2D eigenvalue weighted by Crippen LogP contribution is 2.28. The van der Waals surface area contributed by atoms with Crippen molar-refractivity contribution in [2.45, 2.75) is 24.1 Å². The third kappa shape index (κ3) is 4.14. The number of hydrogen-bond donors (Lipinski definition) is 2. The molecule has 0 saturated carbocycles. The second-order valence-corrected chi connectivity index (χ2v) is 6.56. The highest BCUT2D eigenvalue weighted by molar-refractivity contribution is 7.99. The van der Waals surface area contributed by atoms with E-state index >= 15 is 0 Å². The van der Waals surface area contributed by atoms with Crippen molar-refractivity contribution in [2.75, 3.05) is 30.6 Å². The molecule has 1 unspecified atom stereocenters. The van der Waals surface area contributed by atoms with Crippen LogP contribution in [0.25, 0.3) is 0 Å². The summed E-state index contributed by atoms with van der Waals surface area (Å²) in [7, 11) is 1.32.